The van der Waals surface area contributed by atoms with Gasteiger partial charge < -0.3 is 9.64 Å². The van der Waals surface area contributed by atoms with Gasteiger partial charge in [0.1, 0.15) is 11.7 Å². The first-order valence-electron chi connectivity index (χ1n) is 7.19. The van der Waals surface area contributed by atoms with Crippen molar-refractivity contribution in [3.8, 4) is 11.8 Å². The molecule has 1 aromatic carbocycles. The molecule has 0 heterocycles. The van der Waals surface area contributed by atoms with E-state index in [1.54, 1.807) is 17.0 Å². The summed E-state index contributed by atoms with van der Waals surface area (Å²) in [6.07, 6.45) is 1.16. The maximum Gasteiger partial charge on any atom is 0.239 e. The van der Waals surface area contributed by atoms with Gasteiger partial charge in [-0.3, -0.25) is 4.79 Å². The van der Waals surface area contributed by atoms with Crippen LogP contribution in [-0.2, 0) is 4.79 Å². The van der Waals surface area contributed by atoms with Gasteiger partial charge in [0.05, 0.1) is 12.7 Å². The Balaban J connectivity index is 2.39. The minimum atomic E-state index is -0.590. The van der Waals surface area contributed by atoms with Gasteiger partial charge in [-0.2, -0.15) is 5.26 Å². The molecule has 0 aromatic heterocycles. The summed E-state index contributed by atoms with van der Waals surface area (Å²) in [6.45, 7) is 5.55. The van der Waals surface area contributed by atoms with Crippen LogP contribution in [0.25, 0.3) is 0 Å². The molecule has 0 radical (unpaired) electrons. The number of carbonyl (C=O) groups excluding carboxylic acids is 1. The van der Waals surface area contributed by atoms with Crippen LogP contribution in [0.5, 0.6) is 5.75 Å². The number of halogens is 1. The molecular weight excluding hydrogens is 288 g/mol. The van der Waals surface area contributed by atoms with Crippen LogP contribution in [0.4, 0.5) is 0 Å². The van der Waals surface area contributed by atoms with E-state index in [-0.39, 0.29) is 5.91 Å². The first-order chi connectivity index (χ1) is 10.1. The maximum atomic E-state index is 12.1. The highest BCUT2D eigenvalue weighted by Crippen LogP contribution is 2.18. The summed E-state index contributed by atoms with van der Waals surface area (Å²) in [5, 5.41) is 9.76. The third-order valence-electron chi connectivity index (χ3n) is 3.23. The number of hydrogen-bond donors (Lipinski definition) is 0. The van der Waals surface area contributed by atoms with Gasteiger partial charge in [-0.1, -0.05) is 17.7 Å². The molecule has 1 aromatic rings. The van der Waals surface area contributed by atoms with E-state index in [2.05, 4.69) is 6.07 Å². The zero-order chi connectivity index (χ0) is 15.7. The fourth-order valence-electron chi connectivity index (χ4n) is 2.03. The molecule has 1 amide bonds. The van der Waals surface area contributed by atoms with Crippen molar-refractivity contribution in [2.24, 2.45) is 5.92 Å². The molecule has 21 heavy (non-hydrogen) atoms. The lowest BCUT2D eigenvalue weighted by Gasteiger charge is -2.21. The first kappa shape index (κ1) is 17.3. The molecule has 0 aliphatic heterocycles. The van der Waals surface area contributed by atoms with Gasteiger partial charge in [0.25, 0.3) is 0 Å². The largest absolute Gasteiger partial charge is 0.494 e. The van der Waals surface area contributed by atoms with Gasteiger partial charge in [-0.15, -0.1) is 0 Å². The van der Waals surface area contributed by atoms with E-state index in [0.29, 0.717) is 43.3 Å². The van der Waals surface area contributed by atoms with E-state index in [4.69, 9.17) is 21.6 Å². The van der Waals surface area contributed by atoms with Crippen molar-refractivity contribution in [1.82, 2.24) is 4.90 Å². The SMILES string of the molecule is CCN(CC)C(=O)C(C#N)CCCOc1cccc(Cl)c1. The Bertz CT molecular complexity index is 495. The predicted octanol–water partition coefficient (Wildman–Crippen LogP) is 3.51. The smallest absolute Gasteiger partial charge is 0.239 e. The third kappa shape index (κ3) is 5.65. The summed E-state index contributed by atoms with van der Waals surface area (Å²) in [6, 6.07) is 9.26. The van der Waals surface area contributed by atoms with Crippen molar-refractivity contribution in [3.63, 3.8) is 0 Å². The number of ether oxygens (including phenoxy) is 1. The van der Waals surface area contributed by atoms with Gasteiger partial charge in [-0.25, -0.2) is 0 Å². The fraction of sp³-hybridized carbons (Fsp3) is 0.500. The van der Waals surface area contributed by atoms with Crippen LogP contribution in [0.15, 0.2) is 24.3 Å². The van der Waals surface area contributed by atoms with Gasteiger partial charge >= 0.3 is 0 Å². The van der Waals surface area contributed by atoms with E-state index < -0.39 is 5.92 Å². The molecule has 1 atom stereocenters. The highest BCUT2D eigenvalue weighted by atomic mass is 35.5. The molecule has 1 unspecified atom stereocenters. The number of hydrogen-bond acceptors (Lipinski definition) is 3. The van der Waals surface area contributed by atoms with Crippen molar-refractivity contribution >= 4 is 17.5 Å². The minimum absolute atomic E-state index is 0.0924. The van der Waals surface area contributed by atoms with E-state index in [0.717, 1.165) is 0 Å². The van der Waals surface area contributed by atoms with Crippen LogP contribution in [0.3, 0.4) is 0 Å². The van der Waals surface area contributed by atoms with Crippen LogP contribution in [0.2, 0.25) is 5.02 Å². The van der Waals surface area contributed by atoms with E-state index in [1.165, 1.54) is 0 Å². The van der Waals surface area contributed by atoms with Crippen molar-refractivity contribution < 1.29 is 9.53 Å². The lowest BCUT2D eigenvalue weighted by Crippen LogP contribution is -2.35. The Hall–Kier alpha value is -1.73. The minimum Gasteiger partial charge on any atom is -0.494 e. The zero-order valence-electron chi connectivity index (χ0n) is 12.5. The molecule has 114 valence electrons. The molecule has 0 aliphatic carbocycles. The van der Waals surface area contributed by atoms with Crippen molar-refractivity contribution in [3.05, 3.63) is 29.3 Å². The zero-order valence-corrected chi connectivity index (χ0v) is 13.3. The van der Waals surface area contributed by atoms with Crippen molar-refractivity contribution in [2.75, 3.05) is 19.7 Å². The van der Waals surface area contributed by atoms with Crippen LogP contribution >= 0.6 is 11.6 Å². The molecule has 0 saturated carbocycles. The molecule has 0 bridgehead atoms. The normalized spacial score (nSPS) is 11.5. The van der Waals surface area contributed by atoms with Crippen LogP contribution in [0.1, 0.15) is 26.7 Å². The summed E-state index contributed by atoms with van der Waals surface area (Å²) < 4.78 is 5.56. The van der Waals surface area contributed by atoms with Crippen LogP contribution in [-0.4, -0.2) is 30.5 Å². The quantitative estimate of drug-likeness (QED) is 0.691. The summed E-state index contributed by atoms with van der Waals surface area (Å²) in [7, 11) is 0. The molecule has 0 fully saturated rings. The summed E-state index contributed by atoms with van der Waals surface area (Å²) in [5.41, 5.74) is 0. The van der Waals surface area contributed by atoms with Gasteiger partial charge in [0.15, 0.2) is 0 Å². The maximum absolute atomic E-state index is 12.1. The first-order valence-corrected chi connectivity index (χ1v) is 7.56. The number of benzene rings is 1. The van der Waals surface area contributed by atoms with E-state index in [9.17, 15) is 4.79 Å². The average molecular weight is 309 g/mol. The molecule has 4 nitrogen and oxygen atoms in total. The fourth-order valence-corrected chi connectivity index (χ4v) is 2.21. The molecule has 0 spiro atoms. The van der Waals surface area contributed by atoms with E-state index in [1.807, 2.05) is 26.0 Å². The lowest BCUT2D eigenvalue weighted by molar-refractivity contribution is -0.133. The average Bonchev–Trinajstić information content (AvgIpc) is 2.48. The Morgan fingerprint density at radius 1 is 1.43 bits per heavy atom. The third-order valence-corrected chi connectivity index (χ3v) is 3.47. The monoisotopic (exact) mass is 308 g/mol. The van der Waals surface area contributed by atoms with Crippen LogP contribution < -0.4 is 4.74 Å². The Morgan fingerprint density at radius 3 is 2.71 bits per heavy atom. The second kappa shape index (κ2) is 9.25. The molecule has 5 heteroatoms. The van der Waals surface area contributed by atoms with Gasteiger partial charge in [0.2, 0.25) is 5.91 Å². The number of rotatable bonds is 8. The number of nitrogens with zero attached hydrogens (tertiary/aromatic N) is 2. The molecule has 0 N–H and O–H groups in total. The van der Waals surface area contributed by atoms with Gasteiger partial charge in [0, 0.05) is 18.1 Å². The Morgan fingerprint density at radius 2 is 2.14 bits per heavy atom. The standard InChI is InChI=1S/C16H21ClN2O2/c1-3-19(4-2)16(20)13(12-18)7-6-10-21-15-9-5-8-14(17)11-15/h5,8-9,11,13H,3-4,6-7,10H2,1-2H3. The second-order valence-electron chi connectivity index (χ2n) is 4.64. The van der Waals surface area contributed by atoms with Crippen molar-refractivity contribution in [2.45, 2.75) is 26.7 Å². The van der Waals surface area contributed by atoms with Gasteiger partial charge in [-0.05, 0) is 44.9 Å². The summed E-state index contributed by atoms with van der Waals surface area (Å²) >= 11 is 5.87. The Labute approximate surface area is 131 Å². The topological polar surface area (TPSA) is 53.3 Å². The molecule has 0 aliphatic rings. The lowest BCUT2D eigenvalue weighted by atomic mass is 10.0. The van der Waals surface area contributed by atoms with E-state index >= 15 is 0 Å². The number of amides is 1. The highest BCUT2D eigenvalue weighted by molar-refractivity contribution is 6.30. The number of carbonyl (C=O) groups is 1. The Kier molecular flexibility index (Phi) is 7.63. The molecule has 1 rings (SSSR count). The van der Waals surface area contributed by atoms with Crippen molar-refractivity contribution in [1.29, 1.82) is 5.26 Å². The highest BCUT2D eigenvalue weighted by Gasteiger charge is 2.21. The summed E-state index contributed by atoms with van der Waals surface area (Å²) in [4.78, 5) is 13.8. The van der Waals surface area contributed by atoms with Crippen LogP contribution in [0, 0.1) is 17.2 Å². The second-order valence-corrected chi connectivity index (χ2v) is 5.08. The molecular formula is C16H21ClN2O2. The predicted molar refractivity (Wildman–Crippen MR) is 83.2 cm³/mol. The molecule has 0 saturated heterocycles. The number of nitriles is 1. The summed E-state index contributed by atoms with van der Waals surface area (Å²) in [5.74, 6) is 0.0178.